The smallest absolute Gasteiger partial charge is 0.272 e. The molecule has 0 unspecified atom stereocenters. The third kappa shape index (κ3) is 3.04. The van der Waals surface area contributed by atoms with Crippen LogP contribution in [0.25, 0.3) is 22.3 Å². The molecule has 0 aliphatic carbocycles. The highest BCUT2D eigenvalue weighted by molar-refractivity contribution is 9.10. The van der Waals surface area contributed by atoms with Gasteiger partial charge in [-0.05, 0) is 41.6 Å². The van der Waals surface area contributed by atoms with E-state index < -0.39 is 0 Å². The van der Waals surface area contributed by atoms with Crippen LogP contribution in [0.15, 0.2) is 46.9 Å². The van der Waals surface area contributed by atoms with Crippen molar-refractivity contribution in [2.45, 2.75) is 0 Å². The van der Waals surface area contributed by atoms with Crippen LogP contribution in [-0.4, -0.2) is 38.6 Å². The minimum absolute atomic E-state index is 0.271. The number of amides is 1. The van der Waals surface area contributed by atoms with Crippen LogP contribution in [-0.2, 0) is 0 Å². The molecule has 9 heteroatoms. The number of fused-ring (bicyclic) bond motifs is 1. The number of aromatic nitrogens is 5. The van der Waals surface area contributed by atoms with E-state index in [0.717, 1.165) is 21.1 Å². The molecule has 26 heavy (non-hydrogen) atoms. The van der Waals surface area contributed by atoms with Crippen molar-refractivity contribution in [3.8, 4) is 17.1 Å². The fourth-order valence-electron chi connectivity index (χ4n) is 2.63. The lowest BCUT2D eigenvalue weighted by Crippen LogP contribution is -2.13. The molecule has 0 aliphatic rings. The zero-order chi connectivity index (χ0) is 18.1. The molecule has 0 atom stereocenters. The number of nitrogens with one attached hydrogen (secondary N) is 3. The van der Waals surface area contributed by atoms with Gasteiger partial charge in [0, 0.05) is 27.0 Å². The Bertz CT molecular complexity index is 1090. The molecular weight excluding hydrogens is 400 g/mol. The summed E-state index contributed by atoms with van der Waals surface area (Å²) in [6.07, 6.45) is 0. The Balaban J connectivity index is 1.66. The molecule has 4 aromatic rings. The van der Waals surface area contributed by atoms with Crippen LogP contribution < -0.4 is 10.1 Å². The van der Waals surface area contributed by atoms with Gasteiger partial charge in [-0.25, -0.2) is 0 Å². The number of anilines is 1. The van der Waals surface area contributed by atoms with Crippen molar-refractivity contribution in [3.05, 3.63) is 52.6 Å². The standard InChI is InChI=1S/C17H13BrN6O2/c1-26-11-4-2-9-6-15(19-14(9)8-11)17(25)20-13-5-3-10(18)7-12(13)16-21-23-24-22-16/h2-8,19H,1H3,(H,20,25)(H,21,22,23,24). The third-order valence-electron chi connectivity index (χ3n) is 3.89. The quantitative estimate of drug-likeness (QED) is 0.476. The Morgan fingerprint density at radius 2 is 2.08 bits per heavy atom. The molecule has 130 valence electrons. The van der Waals surface area contributed by atoms with E-state index in [4.69, 9.17) is 4.74 Å². The van der Waals surface area contributed by atoms with Gasteiger partial charge in [-0.3, -0.25) is 4.79 Å². The Labute approximate surface area is 156 Å². The number of H-pyrrole nitrogens is 2. The molecule has 0 aliphatic heterocycles. The van der Waals surface area contributed by atoms with E-state index in [1.165, 1.54) is 0 Å². The number of methoxy groups -OCH3 is 1. The average molecular weight is 413 g/mol. The van der Waals surface area contributed by atoms with Crippen LogP contribution in [0.1, 0.15) is 10.5 Å². The highest BCUT2D eigenvalue weighted by atomic mass is 79.9. The lowest BCUT2D eigenvalue weighted by atomic mass is 10.1. The largest absolute Gasteiger partial charge is 0.497 e. The van der Waals surface area contributed by atoms with Crippen molar-refractivity contribution in [2.24, 2.45) is 0 Å². The zero-order valence-electron chi connectivity index (χ0n) is 13.6. The van der Waals surface area contributed by atoms with Crippen LogP contribution in [0.4, 0.5) is 5.69 Å². The number of hydrogen-bond donors (Lipinski definition) is 3. The van der Waals surface area contributed by atoms with Crippen molar-refractivity contribution in [1.29, 1.82) is 0 Å². The summed E-state index contributed by atoms with van der Waals surface area (Å²) in [7, 11) is 1.60. The molecule has 0 spiro atoms. The van der Waals surface area contributed by atoms with Gasteiger partial charge < -0.3 is 15.0 Å². The summed E-state index contributed by atoms with van der Waals surface area (Å²) in [6, 6.07) is 12.8. The Morgan fingerprint density at radius 3 is 2.85 bits per heavy atom. The predicted octanol–water partition coefficient (Wildman–Crippen LogP) is 3.37. The summed E-state index contributed by atoms with van der Waals surface area (Å²) in [4.78, 5) is 15.8. The third-order valence-corrected chi connectivity index (χ3v) is 4.38. The molecule has 4 rings (SSSR count). The number of hydrogen-bond acceptors (Lipinski definition) is 5. The first kappa shape index (κ1) is 16.3. The number of carbonyl (C=O) groups is 1. The first-order chi connectivity index (χ1) is 12.6. The van der Waals surface area contributed by atoms with Gasteiger partial charge in [0.05, 0.1) is 12.8 Å². The topological polar surface area (TPSA) is 109 Å². The second-order valence-corrected chi connectivity index (χ2v) is 6.43. The minimum atomic E-state index is -0.271. The number of benzene rings is 2. The summed E-state index contributed by atoms with van der Waals surface area (Å²) >= 11 is 3.41. The summed E-state index contributed by atoms with van der Waals surface area (Å²) in [6.45, 7) is 0. The van der Waals surface area contributed by atoms with E-state index in [1.54, 1.807) is 19.2 Å². The van der Waals surface area contributed by atoms with Gasteiger partial charge in [-0.15, -0.1) is 10.2 Å². The molecule has 3 N–H and O–H groups in total. The predicted molar refractivity (Wildman–Crippen MR) is 100 cm³/mol. The van der Waals surface area contributed by atoms with E-state index in [0.29, 0.717) is 22.8 Å². The van der Waals surface area contributed by atoms with Crippen molar-refractivity contribution in [2.75, 3.05) is 12.4 Å². The van der Waals surface area contributed by atoms with Gasteiger partial charge in [-0.2, -0.15) is 5.21 Å². The van der Waals surface area contributed by atoms with Gasteiger partial charge in [-0.1, -0.05) is 15.9 Å². The van der Waals surface area contributed by atoms with Gasteiger partial charge in [0.1, 0.15) is 11.4 Å². The van der Waals surface area contributed by atoms with Gasteiger partial charge in [0.15, 0.2) is 0 Å². The fourth-order valence-corrected chi connectivity index (χ4v) is 2.99. The summed E-state index contributed by atoms with van der Waals surface area (Å²) in [5, 5.41) is 17.8. The summed E-state index contributed by atoms with van der Waals surface area (Å²) < 4.78 is 6.05. The van der Waals surface area contributed by atoms with Gasteiger partial charge in [0.25, 0.3) is 5.91 Å². The molecule has 0 saturated heterocycles. The monoisotopic (exact) mass is 412 g/mol. The second kappa shape index (κ2) is 6.60. The van der Waals surface area contributed by atoms with Crippen LogP contribution in [0, 0.1) is 0 Å². The van der Waals surface area contributed by atoms with Crippen molar-refractivity contribution < 1.29 is 9.53 Å². The molecule has 8 nitrogen and oxygen atoms in total. The van der Waals surface area contributed by atoms with Crippen LogP contribution in [0.5, 0.6) is 5.75 Å². The maximum absolute atomic E-state index is 12.7. The molecule has 2 aromatic carbocycles. The van der Waals surface area contributed by atoms with E-state index in [1.807, 2.05) is 30.3 Å². The molecule has 0 bridgehead atoms. The molecule has 2 aromatic heterocycles. The maximum Gasteiger partial charge on any atom is 0.272 e. The number of tetrazole rings is 1. The van der Waals surface area contributed by atoms with Crippen molar-refractivity contribution in [3.63, 3.8) is 0 Å². The number of halogens is 1. The summed E-state index contributed by atoms with van der Waals surface area (Å²) in [5.74, 6) is 0.842. The highest BCUT2D eigenvalue weighted by Crippen LogP contribution is 2.29. The molecule has 2 heterocycles. The maximum atomic E-state index is 12.7. The molecule has 1 amide bonds. The van der Waals surface area contributed by atoms with E-state index >= 15 is 0 Å². The highest BCUT2D eigenvalue weighted by Gasteiger charge is 2.15. The first-order valence-electron chi connectivity index (χ1n) is 7.65. The number of aromatic amines is 2. The molecule has 0 saturated carbocycles. The molecule has 0 radical (unpaired) electrons. The number of carbonyl (C=O) groups excluding carboxylic acids is 1. The lowest BCUT2D eigenvalue weighted by Gasteiger charge is -2.08. The molecule has 0 fully saturated rings. The van der Waals surface area contributed by atoms with Crippen LogP contribution in [0.3, 0.4) is 0 Å². The van der Waals surface area contributed by atoms with Crippen molar-refractivity contribution >= 4 is 38.4 Å². The SMILES string of the molecule is COc1ccc2cc(C(=O)Nc3ccc(Br)cc3-c3nn[nH]n3)[nH]c2c1. The van der Waals surface area contributed by atoms with Crippen molar-refractivity contribution in [1.82, 2.24) is 25.6 Å². The zero-order valence-corrected chi connectivity index (χ0v) is 15.2. The first-order valence-corrected chi connectivity index (χ1v) is 8.45. The molecular formula is C17H13BrN6O2. The van der Waals surface area contributed by atoms with Crippen LogP contribution >= 0.6 is 15.9 Å². The van der Waals surface area contributed by atoms with E-state index in [-0.39, 0.29) is 5.91 Å². The van der Waals surface area contributed by atoms with Gasteiger partial charge >= 0.3 is 0 Å². The number of ether oxygens (including phenoxy) is 1. The average Bonchev–Trinajstić information content (AvgIpc) is 3.32. The Hall–Kier alpha value is -3.20. The van der Waals surface area contributed by atoms with Crippen LogP contribution in [0.2, 0.25) is 0 Å². The lowest BCUT2D eigenvalue weighted by molar-refractivity contribution is 0.102. The minimum Gasteiger partial charge on any atom is -0.497 e. The van der Waals surface area contributed by atoms with E-state index in [2.05, 4.69) is 46.9 Å². The normalized spacial score (nSPS) is 10.8. The number of rotatable bonds is 4. The summed E-state index contributed by atoms with van der Waals surface area (Å²) in [5.41, 5.74) is 2.49. The Morgan fingerprint density at radius 1 is 1.19 bits per heavy atom. The fraction of sp³-hybridized carbons (Fsp3) is 0.0588. The van der Waals surface area contributed by atoms with Gasteiger partial charge in [0.2, 0.25) is 5.82 Å². The number of nitrogens with zero attached hydrogens (tertiary/aromatic N) is 3. The second-order valence-electron chi connectivity index (χ2n) is 5.52. The van der Waals surface area contributed by atoms with E-state index in [9.17, 15) is 4.79 Å². The Kier molecular flexibility index (Phi) is 4.13.